The molecule has 0 aliphatic rings. The molecule has 6 heteroatoms. The first-order chi connectivity index (χ1) is 11.1. The Bertz CT molecular complexity index is 629. The van der Waals surface area contributed by atoms with Gasteiger partial charge in [-0.2, -0.15) is 11.3 Å². The van der Waals surface area contributed by atoms with Crippen molar-refractivity contribution in [2.24, 2.45) is 0 Å². The van der Waals surface area contributed by atoms with E-state index in [4.69, 9.17) is 9.47 Å². The molecule has 1 atom stereocenters. The van der Waals surface area contributed by atoms with Crippen molar-refractivity contribution in [3.05, 3.63) is 46.2 Å². The summed E-state index contributed by atoms with van der Waals surface area (Å²) in [4.78, 5) is 13.2. The topological polar surface area (TPSA) is 52.0 Å². The van der Waals surface area contributed by atoms with Crippen molar-refractivity contribution in [3.63, 3.8) is 0 Å². The van der Waals surface area contributed by atoms with Gasteiger partial charge in [-0.15, -0.1) is 0 Å². The summed E-state index contributed by atoms with van der Waals surface area (Å²) in [6.07, 6.45) is 0. The molecule has 124 valence electrons. The number of methoxy groups -OCH3 is 2. The maximum absolute atomic E-state index is 12.0. The number of thiophene rings is 1. The van der Waals surface area contributed by atoms with Gasteiger partial charge in [0.1, 0.15) is 6.54 Å². The van der Waals surface area contributed by atoms with E-state index in [1.54, 1.807) is 25.6 Å². The molecule has 0 spiro atoms. The molecule has 2 rings (SSSR count). The third-order valence-corrected chi connectivity index (χ3v) is 4.22. The molecular weight excluding hydrogens is 312 g/mol. The highest BCUT2D eigenvalue weighted by molar-refractivity contribution is 7.07. The van der Waals surface area contributed by atoms with Crippen LogP contribution in [0.15, 0.2) is 35.0 Å². The molecule has 1 heterocycles. The van der Waals surface area contributed by atoms with E-state index in [0.29, 0.717) is 24.6 Å². The van der Waals surface area contributed by atoms with Crippen molar-refractivity contribution in [3.8, 4) is 11.5 Å². The standard InChI is InChI=1S/C17H22N2O3S/c1-19(10-14-6-7-23-12-14)11-17(20)18-9-13-4-5-15(21-2)16(8-13)22-3/h4-8,12H,9-11H2,1-3H3,(H,18,20)/p+1. The number of hydrogen-bond acceptors (Lipinski definition) is 4. The van der Waals surface area contributed by atoms with Crippen molar-refractivity contribution >= 4 is 17.2 Å². The van der Waals surface area contributed by atoms with Gasteiger partial charge in [0, 0.05) is 12.1 Å². The normalized spacial score (nSPS) is 11.8. The van der Waals surface area contributed by atoms with Crippen molar-refractivity contribution < 1.29 is 19.2 Å². The number of benzene rings is 1. The van der Waals surface area contributed by atoms with Crippen LogP contribution < -0.4 is 19.7 Å². The van der Waals surface area contributed by atoms with Gasteiger partial charge in [0.15, 0.2) is 18.0 Å². The quantitative estimate of drug-likeness (QED) is 0.759. The minimum atomic E-state index is 0.0347. The van der Waals surface area contributed by atoms with Gasteiger partial charge in [0.2, 0.25) is 0 Å². The summed E-state index contributed by atoms with van der Waals surface area (Å²) in [5, 5.41) is 7.12. The zero-order valence-corrected chi connectivity index (χ0v) is 14.5. The summed E-state index contributed by atoms with van der Waals surface area (Å²) >= 11 is 1.68. The van der Waals surface area contributed by atoms with Gasteiger partial charge in [0.25, 0.3) is 5.91 Å². The Morgan fingerprint density at radius 3 is 2.61 bits per heavy atom. The van der Waals surface area contributed by atoms with Crippen molar-refractivity contribution in [2.75, 3.05) is 27.8 Å². The first-order valence-corrected chi connectivity index (χ1v) is 8.36. The van der Waals surface area contributed by atoms with E-state index in [1.165, 1.54) is 5.56 Å². The Balaban J connectivity index is 1.82. The van der Waals surface area contributed by atoms with E-state index >= 15 is 0 Å². The third kappa shape index (κ3) is 5.26. The molecule has 0 fully saturated rings. The molecule has 0 aliphatic heterocycles. The van der Waals surface area contributed by atoms with Crippen LogP contribution >= 0.6 is 11.3 Å². The average molecular weight is 335 g/mol. The van der Waals surface area contributed by atoms with Gasteiger partial charge in [-0.3, -0.25) is 4.79 Å². The molecule has 0 aliphatic carbocycles. The number of amides is 1. The Hall–Kier alpha value is -2.05. The van der Waals surface area contributed by atoms with Crippen LogP contribution in [0.25, 0.3) is 0 Å². The first kappa shape index (κ1) is 17.3. The monoisotopic (exact) mass is 335 g/mol. The Kier molecular flexibility index (Phi) is 6.43. The van der Waals surface area contributed by atoms with Crippen molar-refractivity contribution in [1.29, 1.82) is 0 Å². The summed E-state index contributed by atoms with van der Waals surface area (Å²) in [5.41, 5.74) is 2.24. The largest absolute Gasteiger partial charge is 0.493 e. The summed E-state index contributed by atoms with van der Waals surface area (Å²) in [6, 6.07) is 7.73. The highest BCUT2D eigenvalue weighted by Crippen LogP contribution is 2.27. The van der Waals surface area contributed by atoms with Crippen molar-refractivity contribution in [2.45, 2.75) is 13.1 Å². The molecular formula is C17H23N2O3S+. The predicted octanol–water partition coefficient (Wildman–Crippen LogP) is 1.10. The van der Waals surface area contributed by atoms with Gasteiger partial charge in [0.05, 0.1) is 21.3 Å². The van der Waals surface area contributed by atoms with Crippen LogP contribution in [0, 0.1) is 0 Å². The molecule has 1 aromatic heterocycles. The number of quaternary nitrogens is 1. The molecule has 2 aromatic rings. The predicted molar refractivity (Wildman–Crippen MR) is 91.2 cm³/mol. The zero-order valence-electron chi connectivity index (χ0n) is 13.7. The highest BCUT2D eigenvalue weighted by atomic mass is 32.1. The number of carbonyl (C=O) groups is 1. The summed E-state index contributed by atoms with van der Waals surface area (Å²) in [6.45, 7) is 1.78. The van der Waals surface area contributed by atoms with Crippen LogP contribution in [-0.4, -0.2) is 33.7 Å². The van der Waals surface area contributed by atoms with Crippen LogP contribution in [-0.2, 0) is 17.9 Å². The SMILES string of the molecule is COc1ccc(CNC(=O)C[NH+](C)Cc2ccsc2)cc1OC. The molecule has 0 radical (unpaired) electrons. The first-order valence-electron chi connectivity index (χ1n) is 7.42. The van der Waals surface area contributed by atoms with Crippen LogP contribution in [0.5, 0.6) is 11.5 Å². The number of carbonyl (C=O) groups excluding carboxylic acids is 1. The average Bonchev–Trinajstić information content (AvgIpc) is 3.05. The summed E-state index contributed by atoms with van der Waals surface area (Å²) < 4.78 is 10.5. The van der Waals surface area contributed by atoms with Gasteiger partial charge < -0.3 is 19.7 Å². The Morgan fingerprint density at radius 2 is 1.96 bits per heavy atom. The zero-order chi connectivity index (χ0) is 16.7. The van der Waals surface area contributed by atoms with Crippen LogP contribution in [0.2, 0.25) is 0 Å². The lowest BCUT2D eigenvalue weighted by molar-refractivity contribution is -0.885. The second-order valence-corrected chi connectivity index (χ2v) is 6.19. The van der Waals surface area contributed by atoms with E-state index in [0.717, 1.165) is 17.0 Å². The molecule has 0 bridgehead atoms. The summed E-state index contributed by atoms with van der Waals surface area (Å²) in [5.74, 6) is 1.38. The Labute approximate surface area is 140 Å². The van der Waals surface area contributed by atoms with E-state index in [-0.39, 0.29) is 5.91 Å². The number of rotatable bonds is 8. The minimum Gasteiger partial charge on any atom is -0.493 e. The molecule has 23 heavy (non-hydrogen) atoms. The fourth-order valence-corrected chi connectivity index (χ4v) is 3.00. The third-order valence-electron chi connectivity index (χ3n) is 3.49. The van der Waals surface area contributed by atoms with E-state index in [2.05, 4.69) is 22.1 Å². The van der Waals surface area contributed by atoms with Gasteiger partial charge in [-0.1, -0.05) is 6.07 Å². The number of nitrogens with one attached hydrogen (secondary N) is 2. The van der Waals surface area contributed by atoms with Gasteiger partial charge in [-0.25, -0.2) is 0 Å². The molecule has 1 unspecified atom stereocenters. The fourth-order valence-electron chi connectivity index (χ4n) is 2.33. The molecule has 5 nitrogen and oxygen atoms in total. The number of ether oxygens (including phenoxy) is 2. The smallest absolute Gasteiger partial charge is 0.275 e. The number of likely N-dealkylation sites (N-methyl/N-ethyl adjacent to an activating group) is 1. The van der Waals surface area contributed by atoms with Gasteiger partial charge in [-0.05, 0) is 34.5 Å². The molecule has 1 amide bonds. The second kappa shape index (κ2) is 8.55. The van der Waals surface area contributed by atoms with Crippen molar-refractivity contribution in [1.82, 2.24) is 5.32 Å². The second-order valence-electron chi connectivity index (χ2n) is 5.41. The fraction of sp³-hybridized carbons (Fsp3) is 0.353. The molecule has 0 saturated carbocycles. The van der Waals surface area contributed by atoms with Crippen LogP contribution in [0.3, 0.4) is 0 Å². The van der Waals surface area contributed by atoms with E-state index in [9.17, 15) is 4.79 Å². The lowest BCUT2D eigenvalue weighted by Gasteiger charge is -2.14. The maximum Gasteiger partial charge on any atom is 0.275 e. The van der Waals surface area contributed by atoms with Crippen LogP contribution in [0.1, 0.15) is 11.1 Å². The lowest BCUT2D eigenvalue weighted by Crippen LogP contribution is -3.08. The maximum atomic E-state index is 12.0. The summed E-state index contributed by atoms with van der Waals surface area (Å²) in [7, 11) is 5.22. The van der Waals surface area contributed by atoms with Gasteiger partial charge >= 0.3 is 0 Å². The molecule has 2 N–H and O–H groups in total. The van der Waals surface area contributed by atoms with Crippen LogP contribution in [0.4, 0.5) is 0 Å². The molecule has 1 aromatic carbocycles. The molecule has 0 saturated heterocycles. The van der Waals surface area contributed by atoms with E-state index in [1.807, 2.05) is 25.2 Å². The minimum absolute atomic E-state index is 0.0347. The number of hydrogen-bond donors (Lipinski definition) is 2. The van der Waals surface area contributed by atoms with E-state index < -0.39 is 0 Å². The Morgan fingerprint density at radius 1 is 1.17 bits per heavy atom. The highest BCUT2D eigenvalue weighted by Gasteiger charge is 2.11. The lowest BCUT2D eigenvalue weighted by atomic mass is 10.2.